The summed E-state index contributed by atoms with van der Waals surface area (Å²) in [6, 6.07) is 6.02. The number of aliphatic carboxylic acids is 1. The van der Waals surface area contributed by atoms with Gasteiger partial charge in [-0.2, -0.15) is 4.31 Å². The van der Waals surface area contributed by atoms with Crippen LogP contribution in [0.5, 0.6) is 0 Å². The Morgan fingerprint density at radius 2 is 1.54 bits per heavy atom. The first-order valence-corrected chi connectivity index (χ1v) is 10.5. The summed E-state index contributed by atoms with van der Waals surface area (Å²) in [5, 5.41) is 13.9. The van der Waals surface area contributed by atoms with Gasteiger partial charge < -0.3 is 15.2 Å². The summed E-state index contributed by atoms with van der Waals surface area (Å²) in [7, 11) is -3.49. The van der Waals surface area contributed by atoms with Gasteiger partial charge in [0, 0.05) is 36.6 Å². The summed E-state index contributed by atoms with van der Waals surface area (Å²) in [6.07, 6.45) is 4.31. The predicted molar refractivity (Wildman–Crippen MR) is 93.5 cm³/mol. The van der Waals surface area contributed by atoms with Gasteiger partial charge >= 0.3 is 0 Å². The highest BCUT2D eigenvalue weighted by Gasteiger charge is 2.32. The Bertz CT molecular complexity index is 769. The fraction of sp³-hybridized carbons (Fsp3) is 0.556. The van der Waals surface area contributed by atoms with Crippen molar-refractivity contribution in [1.82, 2.24) is 4.31 Å². The van der Waals surface area contributed by atoms with E-state index in [0.29, 0.717) is 31.6 Å². The van der Waals surface area contributed by atoms with Crippen molar-refractivity contribution in [3.8, 4) is 0 Å². The van der Waals surface area contributed by atoms with Crippen LogP contribution >= 0.6 is 0 Å². The number of hydrogen-bond acceptors (Lipinski definition) is 5. The van der Waals surface area contributed by atoms with Crippen LogP contribution in [-0.2, 0) is 19.6 Å². The number of nitrogens with one attached hydrogen (secondary N) is 1. The number of carbonyl (C=O) groups excluding carboxylic acids is 2. The molecule has 1 aromatic rings. The summed E-state index contributed by atoms with van der Waals surface area (Å²) >= 11 is 0. The highest BCUT2D eigenvalue weighted by Crippen LogP contribution is 2.31. The molecule has 2 fully saturated rings. The normalized spacial score (nSPS) is 24.3. The Kier molecular flexibility index (Phi) is 5.62. The number of sulfonamides is 1. The van der Waals surface area contributed by atoms with Crippen molar-refractivity contribution < 1.29 is 23.1 Å². The number of rotatable bonds is 5. The van der Waals surface area contributed by atoms with Gasteiger partial charge in [-0.3, -0.25) is 4.79 Å². The van der Waals surface area contributed by atoms with Crippen molar-refractivity contribution in [2.45, 2.75) is 43.4 Å². The Labute approximate surface area is 153 Å². The fourth-order valence-corrected chi connectivity index (χ4v) is 5.27. The lowest BCUT2D eigenvalue weighted by atomic mass is 9.78. The van der Waals surface area contributed by atoms with E-state index >= 15 is 0 Å². The minimum atomic E-state index is -3.49. The first kappa shape index (κ1) is 18.8. The lowest BCUT2D eigenvalue weighted by Gasteiger charge is -2.31. The molecule has 0 radical (unpaired) electrons. The first-order valence-electron chi connectivity index (χ1n) is 9.01. The van der Waals surface area contributed by atoms with Gasteiger partial charge in [-0.25, -0.2) is 8.42 Å². The Morgan fingerprint density at radius 1 is 0.962 bits per heavy atom. The highest BCUT2D eigenvalue weighted by molar-refractivity contribution is 7.89. The van der Waals surface area contributed by atoms with Crippen LogP contribution in [0, 0.1) is 11.8 Å². The van der Waals surface area contributed by atoms with Crippen LogP contribution in [0.2, 0.25) is 0 Å². The Morgan fingerprint density at radius 3 is 2.12 bits per heavy atom. The van der Waals surface area contributed by atoms with Crippen LogP contribution < -0.4 is 10.4 Å². The van der Waals surface area contributed by atoms with Crippen LogP contribution in [0.4, 0.5) is 5.69 Å². The zero-order valence-corrected chi connectivity index (χ0v) is 15.3. The maximum atomic E-state index is 12.5. The third kappa shape index (κ3) is 3.91. The second-order valence-corrected chi connectivity index (χ2v) is 8.88. The molecule has 0 unspecified atom stereocenters. The van der Waals surface area contributed by atoms with Crippen LogP contribution in [0.3, 0.4) is 0 Å². The number of amides is 1. The summed E-state index contributed by atoms with van der Waals surface area (Å²) in [6.45, 7) is 1.07. The van der Waals surface area contributed by atoms with Crippen LogP contribution in [-0.4, -0.2) is 37.7 Å². The van der Waals surface area contributed by atoms with Gasteiger partial charge in [-0.1, -0.05) is 12.8 Å². The number of carboxylic acids is 1. The third-order valence-corrected chi connectivity index (χ3v) is 7.14. The number of benzene rings is 1. The van der Waals surface area contributed by atoms with E-state index in [2.05, 4.69) is 5.32 Å². The zero-order valence-electron chi connectivity index (χ0n) is 14.5. The molecule has 2 aliphatic rings. The van der Waals surface area contributed by atoms with Crippen LogP contribution in [0.15, 0.2) is 29.2 Å². The molecule has 1 N–H and O–H groups in total. The predicted octanol–water partition coefficient (Wildman–Crippen LogP) is 0.966. The average Bonchev–Trinajstić information content (AvgIpc) is 3.17. The van der Waals surface area contributed by atoms with E-state index in [1.807, 2.05) is 0 Å². The second-order valence-electron chi connectivity index (χ2n) is 6.94. The summed E-state index contributed by atoms with van der Waals surface area (Å²) in [5.74, 6) is -2.91. The van der Waals surface area contributed by atoms with E-state index < -0.39 is 27.8 Å². The molecule has 7 nitrogen and oxygen atoms in total. The summed E-state index contributed by atoms with van der Waals surface area (Å²) < 4.78 is 26.5. The molecule has 1 aromatic carbocycles. The molecule has 0 bridgehead atoms. The summed E-state index contributed by atoms with van der Waals surface area (Å²) in [4.78, 5) is 23.9. The molecule has 1 aliphatic carbocycles. The topological polar surface area (TPSA) is 107 Å². The fourth-order valence-electron chi connectivity index (χ4n) is 3.75. The van der Waals surface area contributed by atoms with Crippen molar-refractivity contribution in [3.05, 3.63) is 24.3 Å². The Hall–Kier alpha value is -1.93. The largest absolute Gasteiger partial charge is 0.550 e. The number of anilines is 1. The Balaban J connectivity index is 1.69. The maximum absolute atomic E-state index is 12.5. The van der Waals surface area contributed by atoms with E-state index in [1.54, 1.807) is 0 Å². The standard InChI is InChI=1S/C18H24N2O5S/c21-17(15-5-1-2-6-16(15)18(22)23)19-13-7-9-14(10-8-13)26(24,25)20-11-3-4-12-20/h7-10,15-16H,1-6,11-12H2,(H,19,21)(H,22,23)/p-1/t15-,16+/m0/s1. The maximum Gasteiger partial charge on any atom is 0.243 e. The van der Waals surface area contributed by atoms with E-state index in [4.69, 9.17) is 0 Å². The van der Waals surface area contributed by atoms with E-state index in [9.17, 15) is 23.1 Å². The molecule has 1 amide bonds. The van der Waals surface area contributed by atoms with Gasteiger partial charge in [0.2, 0.25) is 15.9 Å². The molecule has 1 saturated heterocycles. The number of carboxylic acid groups (broad SMARTS) is 1. The number of carbonyl (C=O) groups is 2. The molecule has 3 rings (SSSR count). The van der Waals surface area contributed by atoms with E-state index in [1.165, 1.54) is 28.6 Å². The van der Waals surface area contributed by atoms with Gasteiger partial charge in [0.25, 0.3) is 0 Å². The van der Waals surface area contributed by atoms with Crippen molar-refractivity contribution in [2.75, 3.05) is 18.4 Å². The molecular weight excluding hydrogens is 356 g/mol. The number of nitrogens with zero attached hydrogens (tertiary/aromatic N) is 1. The number of hydrogen-bond donors (Lipinski definition) is 1. The third-order valence-electron chi connectivity index (χ3n) is 5.23. The second kappa shape index (κ2) is 7.75. The monoisotopic (exact) mass is 379 g/mol. The van der Waals surface area contributed by atoms with Crippen LogP contribution in [0.1, 0.15) is 38.5 Å². The molecule has 1 saturated carbocycles. The van der Waals surface area contributed by atoms with Gasteiger partial charge in [-0.05, 0) is 49.9 Å². The average molecular weight is 379 g/mol. The molecule has 142 valence electrons. The molecule has 1 heterocycles. The van der Waals surface area contributed by atoms with E-state index in [0.717, 1.165) is 25.7 Å². The van der Waals surface area contributed by atoms with Crippen molar-refractivity contribution in [2.24, 2.45) is 11.8 Å². The summed E-state index contributed by atoms with van der Waals surface area (Å²) in [5.41, 5.74) is 0.457. The first-order chi connectivity index (χ1) is 12.4. The quantitative estimate of drug-likeness (QED) is 0.820. The van der Waals surface area contributed by atoms with Gasteiger partial charge in [0.15, 0.2) is 0 Å². The molecule has 8 heteroatoms. The van der Waals surface area contributed by atoms with Crippen molar-refractivity contribution >= 4 is 27.6 Å². The zero-order chi connectivity index (χ0) is 18.7. The molecule has 0 aromatic heterocycles. The minimum Gasteiger partial charge on any atom is -0.550 e. The smallest absolute Gasteiger partial charge is 0.243 e. The van der Waals surface area contributed by atoms with Crippen LogP contribution in [0.25, 0.3) is 0 Å². The van der Waals surface area contributed by atoms with Crippen molar-refractivity contribution in [1.29, 1.82) is 0 Å². The minimum absolute atomic E-state index is 0.197. The molecule has 1 aliphatic heterocycles. The lowest BCUT2D eigenvalue weighted by molar-refractivity contribution is -0.313. The lowest BCUT2D eigenvalue weighted by Crippen LogP contribution is -2.42. The van der Waals surface area contributed by atoms with Crippen molar-refractivity contribution in [3.63, 3.8) is 0 Å². The molecule has 2 atom stereocenters. The molecular formula is C18H23N2O5S-. The van der Waals surface area contributed by atoms with Gasteiger partial charge in [-0.15, -0.1) is 0 Å². The molecule has 26 heavy (non-hydrogen) atoms. The van der Waals surface area contributed by atoms with Gasteiger partial charge in [0.1, 0.15) is 0 Å². The van der Waals surface area contributed by atoms with E-state index in [-0.39, 0.29) is 10.8 Å². The highest BCUT2D eigenvalue weighted by atomic mass is 32.2. The SMILES string of the molecule is O=C(Nc1ccc(S(=O)(=O)N2CCCC2)cc1)[C@H]1CCCC[C@H]1C(=O)[O-]. The van der Waals surface area contributed by atoms with Gasteiger partial charge in [0.05, 0.1) is 4.90 Å². The molecule has 0 spiro atoms.